The first kappa shape index (κ1) is 12.8. The summed E-state index contributed by atoms with van der Waals surface area (Å²) < 4.78 is 0. The van der Waals surface area contributed by atoms with Gasteiger partial charge in [-0.3, -0.25) is 4.98 Å². The lowest BCUT2D eigenvalue weighted by Gasteiger charge is -2.11. The van der Waals surface area contributed by atoms with Crippen LogP contribution in [0.1, 0.15) is 0 Å². The zero-order valence-corrected chi connectivity index (χ0v) is 11.9. The standard InChI is InChI=1S/C16H15N3S/c1-20-12-4-2-3-11(9-12)19-16-6-5-15(17)13-7-8-18-10-14(13)16/h2-10,19H,17H2,1H3. The van der Waals surface area contributed by atoms with Crippen molar-refractivity contribution >= 4 is 39.6 Å². The van der Waals surface area contributed by atoms with Crippen LogP contribution in [0.5, 0.6) is 0 Å². The molecule has 2 aromatic carbocycles. The maximum atomic E-state index is 6.01. The number of rotatable bonds is 3. The molecular weight excluding hydrogens is 266 g/mol. The van der Waals surface area contributed by atoms with Crippen molar-refractivity contribution in [1.29, 1.82) is 0 Å². The molecule has 1 aromatic heterocycles. The molecular formula is C16H15N3S. The fraction of sp³-hybridized carbons (Fsp3) is 0.0625. The molecule has 0 aliphatic carbocycles. The Morgan fingerprint density at radius 3 is 2.85 bits per heavy atom. The smallest absolute Gasteiger partial charge is 0.0481 e. The van der Waals surface area contributed by atoms with Gasteiger partial charge in [0, 0.05) is 45.1 Å². The van der Waals surface area contributed by atoms with E-state index in [-0.39, 0.29) is 0 Å². The summed E-state index contributed by atoms with van der Waals surface area (Å²) in [6.07, 6.45) is 5.67. The summed E-state index contributed by atoms with van der Waals surface area (Å²) in [6.45, 7) is 0. The minimum absolute atomic E-state index is 0.769. The third-order valence-electron chi connectivity index (χ3n) is 3.20. The number of nitrogens with one attached hydrogen (secondary N) is 1. The van der Waals surface area contributed by atoms with Gasteiger partial charge in [0.25, 0.3) is 0 Å². The number of nitrogens with two attached hydrogens (primary N) is 1. The Bertz CT molecular complexity index is 756. The molecule has 4 heteroatoms. The van der Waals surface area contributed by atoms with Gasteiger partial charge in [0.15, 0.2) is 0 Å². The van der Waals surface area contributed by atoms with Crippen LogP contribution in [0.3, 0.4) is 0 Å². The fourth-order valence-corrected chi connectivity index (χ4v) is 2.64. The molecule has 0 bridgehead atoms. The first-order valence-corrected chi connectivity index (χ1v) is 7.53. The highest BCUT2D eigenvalue weighted by Crippen LogP contribution is 2.30. The number of pyridine rings is 1. The van der Waals surface area contributed by atoms with E-state index in [4.69, 9.17) is 5.73 Å². The van der Waals surface area contributed by atoms with Crippen LogP contribution in [0, 0.1) is 0 Å². The Balaban J connectivity index is 2.04. The Morgan fingerprint density at radius 1 is 1.10 bits per heavy atom. The number of hydrogen-bond acceptors (Lipinski definition) is 4. The molecule has 20 heavy (non-hydrogen) atoms. The van der Waals surface area contributed by atoms with Crippen molar-refractivity contribution < 1.29 is 0 Å². The molecule has 3 N–H and O–H groups in total. The van der Waals surface area contributed by atoms with Crippen LogP contribution in [0.15, 0.2) is 59.8 Å². The second kappa shape index (κ2) is 5.43. The number of nitrogens with zero attached hydrogens (tertiary/aromatic N) is 1. The molecule has 0 saturated carbocycles. The van der Waals surface area contributed by atoms with E-state index in [0.717, 1.165) is 27.8 Å². The van der Waals surface area contributed by atoms with Crippen molar-refractivity contribution in [2.45, 2.75) is 4.90 Å². The molecule has 0 amide bonds. The second-order valence-electron chi connectivity index (χ2n) is 4.48. The zero-order chi connectivity index (χ0) is 13.9. The van der Waals surface area contributed by atoms with E-state index in [9.17, 15) is 0 Å². The number of anilines is 3. The maximum absolute atomic E-state index is 6.01. The molecule has 1 heterocycles. The maximum Gasteiger partial charge on any atom is 0.0481 e. The molecule has 100 valence electrons. The minimum Gasteiger partial charge on any atom is -0.398 e. The van der Waals surface area contributed by atoms with E-state index in [0.29, 0.717) is 0 Å². The van der Waals surface area contributed by atoms with Crippen molar-refractivity contribution in [1.82, 2.24) is 4.98 Å². The van der Waals surface area contributed by atoms with Crippen LogP contribution in [-0.4, -0.2) is 11.2 Å². The van der Waals surface area contributed by atoms with Crippen LogP contribution in [-0.2, 0) is 0 Å². The summed E-state index contributed by atoms with van der Waals surface area (Å²) >= 11 is 1.73. The van der Waals surface area contributed by atoms with Gasteiger partial charge in [-0.2, -0.15) is 0 Å². The van der Waals surface area contributed by atoms with Crippen LogP contribution in [0.2, 0.25) is 0 Å². The molecule has 0 spiro atoms. The van der Waals surface area contributed by atoms with Crippen LogP contribution >= 0.6 is 11.8 Å². The van der Waals surface area contributed by atoms with Gasteiger partial charge >= 0.3 is 0 Å². The van der Waals surface area contributed by atoms with Gasteiger partial charge in [0.2, 0.25) is 0 Å². The molecule has 0 aliphatic rings. The largest absolute Gasteiger partial charge is 0.398 e. The molecule has 0 fully saturated rings. The number of hydrogen-bond donors (Lipinski definition) is 2. The summed E-state index contributed by atoms with van der Waals surface area (Å²) in [5.41, 5.74) is 8.85. The van der Waals surface area contributed by atoms with Crippen molar-refractivity contribution in [3.63, 3.8) is 0 Å². The van der Waals surface area contributed by atoms with Gasteiger partial charge in [-0.1, -0.05) is 6.07 Å². The number of nitrogen functional groups attached to an aromatic ring is 1. The lowest BCUT2D eigenvalue weighted by Crippen LogP contribution is -1.94. The third-order valence-corrected chi connectivity index (χ3v) is 3.93. The van der Waals surface area contributed by atoms with E-state index in [2.05, 4.69) is 34.8 Å². The van der Waals surface area contributed by atoms with Gasteiger partial charge in [0.1, 0.15) is 0 Å². The molecule has 3 nitrogen and oxygen atoms in total. The Morgan fingerprint density at radius 2 is 2.00 bits per heavy atom. The van der Waals surface area contributed by atoms with Gasteiger partial charge in [-0.05, 0) is 42.7 Å². The number of fused-ring (bicyclic) bond motifs is 1. The van der Waals surface area contributed by atoms with Crippen molar-refractivity contribution in [2.24, 2.45) is 0 Å². The molecule has 0 radical (unpaired) electrons. The van der Waals surface area contributed by atoms with Crippen molar-refractivity contribution in [3.8, 4) is 0 Å². The van der Waals surface area contributed by atoms with Gasteiger partial charge in [-0.25, -0.2) is 0 Å². The van der Waals surface area contributed by atoms with Crippen LogP contribution in [0.25, 0.3) is 10.8 Å². The lowest BCUT2D eigenvalue weighted by atomic mass is 10.1. The summed E-state index contributed by atoms with van der Waals surface area (Å²) in [5, 5.41) is 5.49. The van der Waals surface area contributed by atoms with Crippen LogP contribution < -0.4 is 11.1 Å². The van der Waals surface area contributed by atoms with E-state index in [1.165, 1.54) is 4.90 Å². The average Bonchev–Trinajstić information content (AvgIpc) is 2.51. The number of aromatic nitrogens is 1. The number of benzene rings is 2. The predicted octanol–water partition coefficient (Wildman–Crippen LogP) is 4.28. The summed E-state index contributed by atoms with van der Waals surface area (Å²) in [5.74, 6) is 0. The SMILES string of the molecule is CSc1cccc(Nc2ccc(N)c3ccncc23)c1. The summed E-state index contributed by atoms with van der Waals surface area (Å²) in [7, 11) is 0. The Hall–Kier alpha value is -2.20. The van der Waals surface area contributed by atoms with E-state index < -0.39 is 0 Å². The topological polar surface area (TPSA) is 50.9 Å². The fourth-order valence-electron chi connectivity index (χ4n) is 2.18. The third kappa shape index (κ3) is 2.42. The molecule has 3 aromatic rings. The first-order chi connectivity index (χ1) is 9.78. The highest BCUT2D eigenvalue weighted by molar-refractivity contribution is 7.98. The molecule has 0 aliphatic heterocycles. The summed E-state index contributed by atoms with van der Waals surface area (Å²) in [4.78, 5) is 5.42. The van der Waals surface area contributed by atoms with Crippen LogP contribution in [0.4, 0.5) is 17.1 Å². The Labute approximate surface area is 122 Å². The zero-order valence-electron chi connectivity index (χ0n) is 11.1. The minimum atomic E-state index is 0.769. The second-order valence-corrected chi connectivity index (χ2v) is 5.36. The predicted molar refractivity (Wildman–Crippen MR) is 87.7 cm³/mol. The molecule has 0 unspecified atom stereocenters. The average molecular weight is 281 g/mol. The number of thioether (sulfide) groups is 1. The Kier molecular flexibility index (Phi) is 3.48. The van der Waals surface area contributed by atoms with Gasteiger partial charge in [0.05, 0.1) is 0 Å². The molecule has 0 saturated heterocycles. The van der Waals surface area contributed by atoms with Gasteiger partial charge in [-0.15, -0.1) is 11.8 Å². The quantitative estimate of drug-likeness (QED) is 0.555. The first-order valence-electron chi connectivity index (χ1n) is 6.31. The van der Waals surface area contributed by atoms with E-state index >= 15 is 0 Å². The normalized spacial score (nSPS) is 10.7. The lowest BCUT2D eigenvalue weighted by molar-refractivity contribution is 1.36. The molecule has 3 rings (SSSR count). The van der Waals surface area contributed by atoms with Crippen molar-refractivity contribution in [2.75, 3.05) is 17.3 Å². The van der Waals surface area contributed by atoms with E-state index in [1.807, 2.05) is 30.5 Å². The monoisotopic (exact) mass is 281 g/mol. The highest BCUT2D eigenvalue weighted by Gasteiger charge is 2.04. The van der Waals surface area contributed by atoms with Gasteiger partial charge < -0.3 is 11.1 Å². The van der Waals surface area contributed by atoms with Crippen molar-refractivity contribution in [3.05, 3.63) is 54.9 Å². The highest BCUT2D eigenvalue weighted by atomic mass is 32.2. The summed E-state index contributed by atoms with van der Waals surface area (Å²) in [6, 6.07) is 14.2. The molecule has 0 atom stereocenters. The van der Waals surface area contributed by atoms with E-state index in [1.54, 1.807) is 18.0 Å².